The van der Waals surface area contributed by atoms with Gasteiger partial charge in [0, 0.05) is 19.6 Å². The fraction of sp³-hybridized carbons (Fsp3) is 0.400. The van der Waals surface area contributed by atoms with E-state index in [2.05, 4.69) is 33.9 Å². The maximum absolute atomic E-state index is 12.5. The Bertz CT molecular complexity index is 704. The van der Waals surface area contributed by atoms with E-state index in [4.69, 9.17) is 0 Å². The van der Waals surface area contributed by atoms with Gasteiger partial charge in [0.15, 0.2) is 0 Å². The van der Waals surface area contributed by atoms with Crippen LogP contribution in [0.4, 0.5) is 8.78 Å². The van der Waals surface area contributed by atoms with Gasteiger partial charge >= 0.3 is 6.61 Å². The van der Waals surface area contributed by atoms with Crippen molar-refractivity contribution in [1.82, 2.24) is 4.90 Å². The number of fused-ring (bicyclic) bond motifs is 4. The molecule has 2 aromatic rings. The molecule has 1 aliphatic carbocycles. The Morgan fingerprint density at radius 2 is 1.92 bits per heavy atom. The molecule has 2 aliphatic rings. The number of alkyl halides is 2. The molecule has 1 fully saturated rings. The Kier molecular flexibility index (Phi) is 4.23. The molecule has 24 heavy (non-hydrogen) atoms. The fourth-order valence-electron chi connectivity index (χ4n) is 4.27. The van der Waals surface area contributed by atoms with Crippen molar-refractivity contribution in [1.29, 1.82) is 0 Å². The summed E-state index contributed by atoms with van der Waals surface area (Å²) in [5, 5.41) is 0. The van der Waals surface area contributed by atoms with Crippen LogP contribution in [0.2, 0.25) is 0 Å². The van der Waals surface area contributed by atoms with E-state index >= 15 is 0 Å². The first-order valence-corrected chi connectivity index (χ1v) is 8.51. The minimum atomic E-state index is -2.76. The normalized spacial score (nSPS) is 23.1. The minimum Gasteiger partial charge on any atom is -0.435 e. The van der Waals surface area contributed by atoms with Gasteiger partial charge < -0.3 is 4.74 Å². The molecule has 2 atom stereocenters. The molecule has 2 nitrogen and oxygen atoms in total. The van der Waals surface area contributed by atoms with Crippen LogP contribution >= 0.6 is 0 Å². The van der Waals surface area contributed by atoms with Gasteiger partial charge in [-0.15, -0.1) is 0 Å². The third-order valence-corrected chi connectivity index (χ3v) is 5.15. The Hall–Kier alpha value is -1.94. The molecule has 126 valence electrons. The summed E-state index contributed by atoms with van der Waals surface area (Å²) in [7, 11) is 0. The second-order valence-electron chi connectivity index (χ2n) is 6.92. The Morgan fingerprint density at radius 3 is 2.71 bits per heavy atom. The monoisotopic (exact) mass is 329 g/mol. The van der Waals surface area contributed by atoms with Crippen molar-refractivity contribution in [2.75, 3.05) is 13.1 Å². The first kappa shape index (κ1) is 15.6. The van der Waals surface area contributed by atoms with Crippen LogP contribution in [0, 0.1) is 5.92 Å². The lowest BCUT2D eigenvalue weighted by Gasteiger charge is -2.42. The van der Waals surface area contributed by atoms with E-state index in [-0.39, 0.29) is 5.75 Å². The second kappa shape index (κ2) is 6.52. The molecule has 2 unspecified atom stereocenters. The number of hydrogen-bond donors (Lipinski definition) is 0. The summed E-state index contributed by atoms with van der Waals surface area (Å²) in [4.78, 5) is 2.50. The van der Waals surface area contributed by atoms with Crippen LogP contribution in [0.25, 0.3) is 0 Å². The molecule has 0 aromatic heterocycles. The third kappa shape index (κ3) is 3.29. The van der Waals surface area contributed by atoms with E-state index in [1.54, 1.807) is 6.07 Å². The Labute approximate surface area is 141 Å². The van der Waals surface area contributed by atoms with E-state index in [9.17, 15) is 8.78 Å². The van der Waals surface area contributed by atoms with Gasteiger partial charge in [-0.05, 0) is 53.5 Å². The molecule has 2 bridgehead atoms. The van der Waals surface area contributed by atoms with Gasteiger partial charge in [0.05, 0.1) is 0 Å². The largest absolute Gasteiger partial charge is 0.435 e. The molecule has 0 N–H and O–H groups in total. The smallest absolute Gasteiger partial charge is 0.387 e. The van der Waals surface area contributed by atoms with Crippen molar-refractivity contribution >= 4 is 0 Å². The number of ether oxygens (including phenoxy) is 1. The van der Waals surface area contributed by atoms with E-state index < -0.39 is 6.61 Å². The predicted octanol–water partition coefficient (Wildman–Crippen LogP) is 4.45. The summed E-state index contributed by atoms with van der Waals surface area (Å²) >= 11 is 0. The van der Waals surface area contributed by atoms with E-state index in [1.165, 1.54) is 16.7 Å². The Balaban J connectivity index is 1.53. The molecular weight excluding hydrogens is 308 g/mol. The summed E-state index contributed by atoms with van der Waals surface area (Å²) in [6, 6.07) is 16.0. The number of benzene rings is 2. The molecule has 4 heteroatoms. The van der Waals surface area contributed by atoms with Gasteiger partial charge in [0.1, 0.15) is 5.75 Å². The highest BCUT2D eigenvalue weighted by molar-refractivity contribution is 5.40. The number of rotatable bonds is 4. The number of piperidine rings is 1. The van der Waals surface area contributed by atoms with Crippen molar-refractivity contribution in [2.24, 2.45) is 5.92 Å². The topological polar surface area (TPSA) is 12.5 Å². The first-order valence-electron chi connectivity index (χ1n) is 8.51. The van der Waals surface area contributed by atoms with Crippen LogP contribution in [-0.4, -0.2) is 24.6 Å². The SMILES string of the molecule is FC(F)Oc1ccc2c(c1)C1CC(C2)CN(Cc2ccccc2)C1. The summed E-state index contributed by atoms with van der Waals surface area (Å²) < 4.78 is 29.6. The molecule has 4 rings (SSSR count). The van der Waals surface area contributed by atoms with E-state index in [1.807, 2.05) is 18.2 Å². The van der Waals surface area contributed by atoms with Gasteiger partial charge in [0.25, 0.3) is 0 Å². The maximum Gasteiger partial charge on any atom is 0.387 e. The quantitative estimate of drug-likeness (QED) is 0.822. The molecule has 1 aliphatic heterocycles. The van der Waals surface area contributed by atoms with Gasteiger partial charge in [-0.2, -0.15) is 8.78 Å². The van der Waals surface area contributed by atoms with Gasteiger partial charge in [0.2, 0.25) is 0 Å². The average Bonchev–Trinajstić information content (AvgIpc) is 2.56. The molecule has 0 saturated carbocycles. The fourth-order valence-corrected chi connectivity index (χ4v) is 4.27. The zero-order valence-corrected chi connectivity index (χ0v) is 13.5. The van der Waals surface area contributed by atoms with Gasteiger partial charge in [-0.3, -0.25) is 4.90 Å². The van der Waals surface area contributed by atoms with Crippen LogP contribution in [0.5, 0.6) is 5.75 Å². The van der Waals surface area contributed by atoms with Crippen LogP contribution < -0.4 is 4.74 Å². The lowest BCUT2D eigenvalue weighted by molar-refractivity contribution is -0.0499. The van der Waals surface area contributed by atoms with Crippen LogP contribution in [-0.2, 0) is 13.0 Å². The summed E-state index contributed by atoms with van der Waals surface area (Å²) in [5.74, 6) is 1.35. The van der Waals surface area contributed by atoms with E-state index in [0.29, 0.717) is 11.8 Å². The molecule has 0 radical (unpaired) electrons. The van der Waals surface area contributed by atoms with Crippen LogP contribution in [0.3, 0.4) is 0 Å². The molecular formula is C20H21F2NO. The highest BCUT2D eigenvalue weighted by Gasteiger charge is 2.34. The number of nitrogens with zero attached hydrogens (tertiary/aromatic N) is 1. The van der Waals surface area contributed by atoms with Crippen LogP contribution in [0.1, 0.15) is 29.0 Å². The van der Waals surface area contributed by atoms with Crippen molar-refractivity contribution in [2.45, 2.75) is 31.9 Å². The van der Waals surface area contributed by atoms with Gasteiger partial charge in [-0.25, -0.2) is 0 Å². The van der Waals surface area contributed by atoms with Crippen molar-refractivity contribution < 1.29 is 13.5 Å². The highest BCUT2D eigenvalue weighted by atomic mass is 19.3. The molecule has 0 amide bonds. The van der Waals surface area contributed by atoms with Crippen LogP contribution in [0.15, 0.2) is 48.5 Å². The molecule has 0 spiro atoms. The lowest BCUT2D eigenvalue weighted by atomic mass is 9.74. The van der Waals surface area contributed by atoms with E-state index in [0.717, 1.165) is 32.5 Å². The molecule has 1 saturated heterocycles. The minimum absolute atomic E-state index is 0.280. The number of likely N-dealkylation sites (tertiary alicyclic amines) is 1. The van der Waals surface area contributed by atoms with Crippen molar-refractivity contribution in [3.63, 3.8) is 0 Å². The number of halogens is 2. The van der Waals surface area contributed by atoms with Gasteiger partial charge in [-0.1, -0.05) is 36.4 Å². The van der Waals surface area contributed by atoms with Crippen molar-refractivity contribution in [3.8, 4) is 5.75 Å². The average molecular weight is 329 g/mol. The zero-order valence-electron chi connectivity index (χ0n) is 13.5. The predicted molar refractivity (Wildman–Crippen MR) is 89.3 cm³/mol. The standard InChI is InChI=1S/C20H21F2NO/c21-20(22)24-18-7-6-16-8-15-9-17(19(16)10-18)13-23(12-15)11-14-4-2-1-3-5-14/h1-7,10,15,17,20H,8-9,11-13H2. The summed E-state index contributed by atoms with van der Waals surface area (Å²) in [6.45, 7) is 0.285. The first-order chi connectivity index (χ1) is 11.7. The lowest BCUT2D eigenvalue weighted by Crippen LogP contribution is -2.42. The molecule has 2 aromatic carbocycles. The highest BCUT2D eigenvalue weighted by Crippen LogP contribution is 2.41. The zero-order chi connectivity index (χ0) is 16.5. The third-order valence-electron chi connectivity index (χ3n) is 5.15. The molecule has 1 heterocycles. The summed E-state index contributed by atoms with van der Waals surface area (Å²) in [5.41, 5.74) is 3.83. The number of hydrogen-bond acceptors (Lipinski definition) is 2. The second-order valence-corrected chi connectivity index (χ2v) is 6.92. The maximum atomic E-state index is 12.5. The summed E-state index contributed by atoms with van der Waals surface area (Å²) in [6.07, 6.45) is 2.18. The Morgan fingerprint density at radius 1 is 1.08 bits per heavy atom. The van der Waals surface area contributed by atoms with Crippen molar-refractivity contribution in [3.05, 3.63) is 65.2 Å².